The van der Waals surface area contributed by atoms with Gasteiger partial charge in [0.15, 0.2) is 0 Å². The Balaban J connectivity index is 2.29. The van der Waals surface area contributed by atoms with E-state index in [1.54, 1.807) is 0 Å². The largest absolute Gasteiger partial charge is 0.493 e. The van der Waals surface area contributed by atoms with E-state index in [2.05, 4.69) is 13.0 Å². The molecule has 82 valence electrons. The van der Waals surface area contributed by atoms with Crippen LogP contribution in [0.4, 0.5) is 0 Å². The first kappa shape index (κ1) is 10.5. The second-order valence-electron chi connectivity index (χ2n) is 4.44. The van der Waals surface area contributed by atoms with Crippen LogP contribution in [0.3, 0.4) is 0 Å². The summed E-state index contributed by atoms with van der Waals surface area (Å²) in [6.07, 6.45) is 2.75. The summed E-state index contributed by atoms with van der Waals surface area (Å²) in [5.74, 6) is 0.978. The van der Waals surface area contributed by atoms with E-state index < -0.39 is 5.60 Å². The minimum atomic E-state index is -0.702. The van der Waals surface area contributed by atoms with E-state index >= 15 is 0 Å². The fourth-order valence-corrected chi connectivity index (χ4v) is 2.15. The van der Waals surface area contributed by atoms with Gasteiger partial charge in [-0.1, -0.05) is 19.4 Å². The third-order valence-electron chi connectivity index (χ3n) is 3.05. The highest BCUT2D eigenvalue weighted by Crippen LogP contribution is 2.32. The average molecular weight is 206 g/mol. The summed E-state index contributed by atoms with van der Waals surface area (Å²) in [4.78, 5) is 0. The summed E-state index contributed by atoms with van der Waals surface area (Å²) in [6.45, 7) is 4.74. The fraction of sp³-hybridized carbons (Fsp3) is 0.538. The third kappa shape index (κ3) is 2.00. The van der Waals surface area contributed by atoms with Crippen LogP contribution in [0.25, 0.3) is 0 Å². The molecule has 1 N–H and O–H groups in total. The van der Waals surface area contributed by atoms with Crippen LogP contribution in [-0.4, -0.2) is 11.7 Å². The van der Waals surface area contributed by atoms with E-state index in [-0.39, 0.29) is 0 Å². The Labute approximate surface area is 90.9 Å². The van der Waals surface area contributed by atoms with E-state index in [1.165, 1.54) is 5.56 Å². The molecule has 0 spiro atoms. The van der Waals surface area contributed by atoms with Gasteiger partial charge in [0.2, 0.25) is 0 Å². The average Bonchev–Trinajstić information content (AvgIpc) is 2.63. The molecule has 0 saturated carbocycles. The number of hydrogen-bond acceptors (Lipinski definition) is 2. The molecule has 1 aliphatic rings. The molecule has 1 aromatic carbocycles. The van der Waals surface area contributed by atoms with Crippen molar-refractivity contribution in [3.8, 4) is 5.75 Å². The fourth-order valence-electron chi connectivity index (χ4n) is 2.15. The SMILES string of the molecule is CCCC(C)(O)c1ccc2c(c1)CCO2. The maximum atomic E-state index is 10.3. The van der Waals surface area contributed by atoms with Crippen molar-refractivity contribution in [2.45, 2.75) is 38.7 Å². The molecule has 0 radical (unpaired) electrons. The van der Waals surface area contributed by atoms with Crippen molar-refractivity contribution in [1.82, 2.24) is 0 Å². The second-order valence-corrected chi connectivity index (χ2v) is 4.44. The highest BCUT2D eigenvalue weighted by Gasteiger charge is 2.24. The van der Waals surface area contributed by atoms with E-state index in [4.69, 9.17) is 4.74 Å². The predicted octanol–water partition coefficient (Wildman–Crippen LogP) is 2.63. The molecule has 2 heteroatoms. The van der Waals surface area contributed by atoms with Gasteiger partial charge in [-0.2, -0.15) is 0 Å². The molecule has 1 aromatic rings. The van der Waals surface area contributed by atoms with Gasteiger partial charge < -0.3 is 9.84 Å². The lowest BCUT2D eigenvalue weighted by Crippen LogP contribution is -2.20. The van der Waals surface area contributed by atoms with Gasteiger partial charge in [0.05, 0.1) is 12.2 Å². The Kier molecular flexibility index (Phi) is 2.70. The summed E-state index contributed by atoms with van der Waals surface area (Å²) in [5, 5.41) is 10.3. The van der Waals surface area contributed by atoms with E-state index in [0.29, 0.717) is 0 Å². The molecule has 0 saturated heterocycles. The van der Waals surface area contributed by atoms with Crippen LogP contribution in [0.2, 0.25) is 0 Å². The number of aliphatic hydroxyl groups is 1. The topological polar surface area (TPSA) is 29.5 Å². The number of fused-ring (bicyclic) bond motifs is 1. The first-order chi connectivity index (χ1) is 7.13. The molecule has 0 aromatic heterocycles. The highest BCUT2D eigenvalue weighted by molar-refractivity contribution is 5.41. The van der Waals surface area contributed by atoms with E-state index in [0.717, 1.165) is 37.2 Å². The Morgan fingerprint density at radius 2 is 2.27 bits per heavy atom. The molecule has 0 amide bonds. The molecule has 1 atom stereocenters. The zero-order chi connectivity index (χ0) is 10.9. The Morgan fingerprint density at radius 1 is 1.47 bits per heavy atom. The summed E-state index contributed by atoms with van der Waals surface area (Å²) in [6, 6.07) is 6.03. The highest BCUT2D eigenvalue weighted by atomic mass is 16.5. The molecule has 0 bridgehead atoms. The molecule has 0 aliphatic carbocycles. The smallest absolute Gasteiger partial charge is 0.122 e. The predicted molar refractivity (Wildman–Crippen MR) is 60.1 cm³/mol. The first-order valence-corrected chi connectivity index (χ1v) is 5.62. The molecule has 15 heavy (non-hydrogen) atoms. The molecule has 0 fully saturated rings. The van der Waals surface area contributed by atoms with Crippen LogP contribution in [0.1, 0.15) is 37.8 Å². The lowest BCUT2D eigenvalue weighted by atomic mass is 9.90. The van der Waals surface area contributed by atoms with Crippen LogP contribution in [-0.2, 0) is 12.0 Å². The van der Waals surface area contributed by atoms with Crippen molar-refractivity contribution in [2.24, 2.45) is 0 Å². The van der Waals surface area contributed by atoms with Crippen molar-refractivity contribution in [3.63, 3.8) is 0 Å². The second kappa shape index (κ2) is 3.86. The van der Waals surface area contributed by atoms with Gasteiger partial charge in [-0.15, -0.1) is 0 Å². The lowest BCUT2D eigenvalue weighted by molar-refractivity contribution is 0.0469. The van der Waals surface area contributed by atoms with Gasteiger partial charge in [0, 0.05) is 6.42 Å². The normalized spacial score (nSPS) is 18.1. The molecule has 1 unspecified atom stereocenters. The number of hydrogen-bond donors (Lipinski definition) is 1. The standard InChI is InChI=1S/C13H18O2/c1-3-7-13(2,14)11-4-5-12-10(9-11)6-8-15-12/h4-5,9,14H,3,6-8H2,1-2H3. The van der Waals surface area contributed by atoms with Crippen molar-refractivity contribution in [3.05, 3.63) is 29.3 Å². The van der Waals surface area contributed by atoms with Gasteiger partial charge in [-0.3, -0.25) is 0 Å². The third-order valence-corrected chi connectivity index (χ3v) is 3.05. The summed E-state index contributed by atoms with van der Waals surface area (Å²) >= 11 is 0. The summed E-state index contributed by atoms with van der Waals surface area (Å²) in [5.41, 5.74) is 1.53. The van der Waals surface area contributed by atoms with Crippen LogP contribution in [0.15, 0.2) is 18.2 Å². The van der Waals surface area contributed by atoms with Crippen molar-refractivity contribution in [1.29, 1.82) is 0 Å². The zero-order valence-corrected chi connectivity index (χ0v) is 9.42. The lowest BCUT2D eigenvalue weighted by Gasteiger charge is -2.23. The van der Waals surface area contributed by atoms with E-state index in [1.807, 2.05) is 19.1 Å². The molecule has 1 heterocycles. The summed E-state index contributed by atoms with van der Waals surface area (Å²) < 4.78 is 5.44. The minimum absolute atomic E-state index is 0.702. The van der Waals surface area contributed by atoms with Crippen molar-refractivity contribution >= 4 is 0 Å². The van der Waals surface area contributed by atoms with E-state index in [9.17, 15) is 5.11 Å². The van der Waals surface area contributed by atoms with Gasteiger partial charge >= 0.3 is 0 Å². The Morgan fingerprint density at radius 3 is 3.00 bits per heavy atom. The van der Waals surface area contributed by atoms with Crippen LogP contribution < -0.4 is 4.74 Å². The van der Waals surface area contributed by atoms with Crippen LogP contribution in [0.5, 0.6) is 5.75 Å². The maximum absolute atomic E-state index is 10.3. The molecule has 2 rings (SSSR count). The zero-order valence-electron chi connectivity index (χ0n) is 9.42. The first-order valence-electron chi connectivity index (χ1n) is 5.62. The van der Waals surface area contributed by atoms with Gasteiger partial charge in [-0.05, 0) is 36.6 Å². The number of benzene rings is 1. The van der Waals surface area contributed by atoms with Crippen LogP contribution in [0, 0.1) is 0 Å². The van der Waals surface area contributed by atoms with Crippen molar-refractivity contribution in [2.75, 3.05) is 6.61 Å². The quantitative estimate of drug-likeness (QED) is 0.823. The maximum Gasteiger partial charge on any atom is 0.122 e. The van der Waals surface area contributed by atoms with Gasteiger partial charge in [0.25, 0.3) is 0 Å². The van der Waals surface area contributed by atoms with Crippen LogP contribution >= 0.6 is 0 Å². The molecular formula is C13H18O2. The molecular weight excluding hydrogens is 188 g/mol. The molecule has 2 nitrogen and oxygen atoms in total. The summed E-state index contributed by atoms with van der Waals surface area (Å²) in [7, 11) is 0. The Bertz CT molecular complexity index is 356. The monoisotopic (exact) mass is 206 g/mol. The number of rotatable bonds is 3. The van der Waals surface area contributed by atoms with Crippen molar-refractivity contribution < 1.29 is 9.84 Å². The molecule has 1 aliphatic heterocycles. The van der Waals surface area contributed by atoms with Gasteiger partial charge in [-0.25, -0.2) is 0 Å². The number of ether oxygens (including phenoxy) is 1. The van der Waals surface area contributed by atoms with Gasteiger partial charge in [0.1, 0.15) is 5.75 Å². The minimum Gasteiger partial charge on any atom is -0.493 e. The Hall–Kier alpha value is -1.02.